The van der Waals surface area contributed by atoms with E-state index in [9.17, 15) is 0 Å². The Labute approximate surface area is 152 Å². The van der Waals surface area contributed by atoms with Crippen molar-refractivity contribution in [2.45, 2.75) is 47.0 Å². The van der Waals surface area contributed by atoms with Crippen molar-refractivity contribution in [1.82, 2.24) is 10.6 Å². The number of aliphatic imine (C=N–C) groups is 1. The Morgan fingerprint density at radius 1 is 1.05 bits per heavy atom. The molecule has 0 saturated heterocycles. The third-order valence-corrected chi connectivity index (χ3v) is 2.97. The normalized spacial score (nSPS) is 11.5. The molecular formula is C17H30IN3O. The van der Waals surface area contributed by atoms with Crippen molar-refractivity contribution in [3.63, 3.8) is 0 Å². The van der Waals surface area contributed by atoms with Crippen LogP contribution in [0.2, 0.25) is 0 Å². The SMILES string of the molecule is CN=C(NCc1ccc(COC(C)C)cc1)NCC(C)C.I. The van der Waals surface area contributed by atoms with Crippen LogP contribution in [-0.4, -0.2) is 25.7 Å². The average molecular weight is 419 g/mol. The molecule has 5 heteroatoms. The van der Waals surface area contributed by atoms with E-state index in [1.54, 1.807) is 7.05 Å². The molecule has 0 radical (unpaired) electrons. The Morgan fingerprint density at radius 3 is 2.14 bits per heavy atom. The van der Waals surface area contributed by atoms with Gasteiger partial charge in [-0.05, 0) is 30.9 Å². The molecule has 0 fully saturated rings. The highest BCUT2D eigenvalue weighted by atomic mass is 127. The molecule has 0 aliphatic heterocycles. The van der Waals surface area contributed by atoms with Crippen LogP contribution < -0.4 is 10.6 Å². The summed E-state index contributed by atoms with van der Waals surface area (Å²) in [5.74, 6) is 1.44. The summed E-state index contributed by atoms with van der Waals surface area (Å²) in [6.45, 7) is 10.8. The summed E-state index contributed by atoms with van der Waals surface area (Å²) in [6, 6.07) is 8.48. The number of ether oxygens (including phenoxy) is 1. The molecule has 4 nitrogen and oxygen atoms in total. The molecule has 22 heavy (non-hydrogen) atoms. The van der Waals surface area contributed by atoms with E-state index in [4.69, 9.17) is 4.74 Å². The lowest BCUT2D eigenvalue weighted by Gasteiger charge is -2.13. The van der Waals surface area contributed by atoms with Gasteiger partial charge in [-0.1, -0.05) is 38.1 Å². The van der Waals surface area contributed by atoms with Gasteiger partial charge in [-0.15, -0.1) is 24.0 Å². The summed E-state index contributed by atoms with van der Waals surface area (Å²) in [4.78, 5) is 4.22. The van der Waals surface area contributed by atoms with Gasteiger partial charge in [0.2, 0.25) is 0 Å². The van der Waals surface area contributed by atoms with Crippen molar-refractivity contribution >= 4 is 29.9 Å². The van der Waals surface area contributed by atoms with Gasteiger partial charge >= 0.3 is 0 Å². The van der Waals surface area contributed by atoms with E-state index in [0.717, 1.165) is 19.0 Å². The summed E-state index contributed by atoms with van der Waals surface area (Å²) >= 11 is 0. The highest BCUT2D eigenvalue weighted by Crippen LogP contribution is 2.07. The lowest BCUT2D eigenvalue weighted by Crippen LogP contribution is -2.38. The molecule has 0 aliphatic rings. The monoisotopic (exact) mass is 419 g/mol. The summed E-state index contributed by atoms with van der Waals surface area (Å²) in [6.07, 6.45) is 0.265. The fraction of sp³-hybridized carbons (Fsp3) is 0.588. The molecule has 1 aromatic carbocycles. The van der Waals surface area contributed by atoms with Gasteiger partial charge in [-0.25, -0.2) is 0 Å². The van der Waals surface area contributed by atoms with Crippen molar-refractivity contribution < 1.29 is 4.74 Å². The van der Waals surface area contributed by atoms with Gasteiger partial charge in [0.15, 0.2) is 5.96 Å². The minimum Gasteiger partial charge on any atom is -0.374 e. The van der Waals surface area contributed by atoms with Gasteiger partial charge in [0.05, 0.1) is 12.7 Å². The Morgan fingerprint density at radius 2 is 1.64 bits per heavy atom. The van der Waals surface area contributed by atoms with Crippen LogP contribution in [-0.2, 0) is 17.9 Å². The highest BCUT2D eigenvalue weighted by Gasteiger charge is 2.01. The van der Waals surface area contributed by atoms with Gasteiger partial charge < -0.3 is 15.4 Å². The zero-order chi connectivity index (χ0) is 15.7. The largest absolute Gasteiger partial charge is 0.374 e. The van der Waals surface area contributed by atoms with Crippen molar-refractivity contribution in [3.8, 4) is 0 Å². The summed E-state index contributed by atoms with van der Waals surface area (Å²) in [7, 11) is 1.79. The third-order valence-electron chi connectivity index (χ3n) is 2.97. The lowest BCUT2D eigenvalue weighted by atomic mass is 10.1. The van der Waals surface area contributed by atoms with Gasteiger partial charge in [0, 0.05) is 20.1 Å². The zero-order valence-electron chi connectivity index (χ0n) is 14.3. The van der Waals surface area contributed by atoms with Crippen LogP contribution in [0.3, 0.4) is 0 Å². The fourth-order valence-electron chi connectivity index (χ4n) is 1.72. The maximum Gasteiger partial charge on any atom is 0.191 e. The van der Waals surface area contributed by atoms with Crippen molar-refractivity contribution in [3.05, 3.63) is 35.4 Å². The molecule has 0 aromatic heterocycles. The first-order valence-electron chi connectivity index (χ1n) is 7.65. The average Bonchev–Trinajstić information content (AvgIpc) is 2.46. The molecule has 1 rings (SSSR count). The molecule has 0 atom stereocenters. The Bertz CT molecular complexity index is 430. The highest BCUT2D eigenvalue weighted by molar-refractivity contribution is 14.0. The van der Waals surface area contributed by atoms with E-state index in [-0.39, 0.29) is 30.1 Å². The number of halogens is 1. The maximum absolute atomic E-state index is 5.59. The molecule has 0 saturated carbocycles. The number of nitrogens with zero attached hydrogens (tertiary/aromatic N) is 1. The summed E-state index contributed by atoms with van der Waals surface area (Å²) in [5.41, 5.74) is 2.44. The molecule has 0 unspecified atom stereocenters. The van der Waals surface area contributed by atoms with Crippen LogP contribution in [0.1, 0.15) is 38.8 Å². The van der Waals surface area contributed by atoms with Crippen LogP contribution >= 0.6 is 24.0 Å². The van der Waals surface area contributed by atoms with Crippen LogP contribution in [0.25, 0.3) is 0 Å². The molecule has 0 amide bonds. The van der Waals surface area contributed by atoms with Crippen molar-refractivity contribution in [1.29, 1.82) is 0 Å². The van der Waals surface area contributed by atoms with E-state index in [2.05, 4.69) is 53.7 Å². The number of hydrogen-bond donors (Lipinski definition) is 2. The van der Waals surface area contributed by atoms with Crippen molar-refractivity contribution in [2.75, 3.05) is 13.6 Å². The molecule has 0 spiro atoms. The second kappa shape index (κ2) is 11.7. The lowest BCUT2D eigenvalue weighted by molar-refractivity contribution is 0.0657. The summed E-state index contributed by atoms with van der Waals surface area (Å²) < 4.78 is 5.59. The molecule has 2 N–H and O–H groups in total. The number of rotatable bonds is 7. The second-order valence-electron chi connectivity index (χ2n) is 5.88. The maximum atomic E-state index is 5.59. The first-order chi connectivity index (χ1) is 10.0. The molecular weight excluding hydrogens is 389 g/mol. The first kappa shape index (κ1) is 21.2. The predicted molar refractivity (Wildman–Crippen MR) is 105 cm³/mol. The van der Waals surface area contributed by atoms with Crippen molar-refractivity contribution in [2.24, 2.45) is 10.9 Å². The quantitative estimate of drug-likeness (QED) is 0.404. The second-order valence-corrected chi connectivity index (χ2v) is 5.88. The summed E-state index contributed by atoms with van der Waals surface area (Å²) in [5, 5.41) is 6.62. The Kier molecular flexibility index (Phi) is 11.3. The Balaban J connectivity index is 0.00000441. The van der Waals surface area contributed by atoms with Crippen LogP contribution in [0.5, 0.6) is 0 Å². The smallest absolute Gasteiger partial charge is 0.191 e. The van der Waals surface area contributed by atoms with Crippen LogP contribution in [0.4, 0.5) is 0 Å². The van der Waals surface area contributed by atoms with Gasteiger partial charge in [-0.3, -0.25) is 4.99 Å². The number of nitrogens with one attached hydrogen (secondary N) is 2. The van der Waals surface area contributed by atoms with E-state index in [1.807, 2.05) is 13.8 Å². The zero-order valence-corrected chi connectivity index (χ0v) is 16.7. The molecule has 0 bridgehead atoms. The van der Waals surface area contributed by atoms with E-state index >= 15 is 0 Å². The Hall–Kier alpha value is -0.820. The predicted octanol–water partition coefficient (Wildman–Crippen LogP) is 3.55. The minimum atomic E-state index is 0. The molecule has 126 valence electrons. The standard InChI is InChI=1S/C17H29N3O.HI/c1-13(2)10-19-17(18-5)20-11-15-6-8-16(9-7-15)12-21-14(3)4;/h6-9,13-14H,10-12H2,1-5H3,(H2,18,19,20);1H. The molecule has 1 aromatic rings. The van der Waals surface area contributed by atoms with E-state index in [1.165, 1.54) is 11.1 Å². The number of guanidine groups is 1. The van der Waals surface area contributed by atoms with E-state index in [0.29, 0.717) is 12.5 Å². The number of hydrogen-bond acceptors (Lipinski definition) is 2. The first-order valence-corrected chi connectivity index (χ1v) is 7.65. The topological polar surface area (TPSA) is 45.7 Å². The van der Waals surface area contributed by atoms with Gasteiger partial charge in [0.1, 0.15) is 0 Å². The number of benzene rings is 1. The van der Waals surface area contributed by atoms with Crippen LogP contribution in [0, 0.1) is 5.92 Å². The minimum absolute atomic E-state index is 0. The van der Waals surface area contributed by atoms with Crippen LogP contribution in [0.15, 0.2) is 29.3 Å². The van der Waals surface area contributed by atoms with E-state index < -0.39 is 0 Å². The fourth-order valence-corrected chi connectivity index (χ4v) is 1.72. The molecule has 0 aliphatic carbocycles. The van der Waals surface area contributed by atoms with Gasteiger partial charge in [0.25, 0.3) is 0 Å². The molecule has 0 heterocycles. The third kappa shape index (κ3) is 9.25. The van der Waals surface area contributed by atoms with Gasteiger partial charge in [-0.2, -0.15) is 0 Å².